The highest BCUT2D eigenvalue weighted by atomic mass is 32.2. The van der Waals surface area contributed by atoms with Gasteiger partial charge in [-0.25, -0.2) is 18.7 Å². The number of piperidine rings is 1. The molecule has 33 heavy (non-hydrogen) atoms. The molecule has 182 valence electrons. The van der Waals surface area contributed by atoms with Gasteiger partial charge in [0.25, 0.3) is 0 Å². The second-order valence-corrected chi connectivity index (χ2v) is 11.7. The van der Waals surface area contributed by atoms with E-state index < -0.39 is 9.71 Å². The van der Waals surface area contributed by atoms with Gasteiger partial charge >= 0.3 is 0 Å². The third-order valence-corrected chi connectivity index (χ3v) is 8.97. The quantitative estimate of drug-likeness (QED) is 0.278. The number of aliphatic hydroxyl groups excluding tert-OH is 1. The molecule has 3 rings (SSSR count). The van der Waals surface area contributed by atoms with Crippen LogP contribution in [0, 0.1) is 6.92 Å². The van der Waals surface area contributed by atoms with Crippen LogP contribution in [0.4, 0.5) is 17.5 Å². The van der Waals surface area contributed by atoms with Crippen molar-refractivity contribution in [3.8, 4) is 0 Å². The van der Waals surface area contributed by atoms with Crippen LogP contribution in [0.1, 0.15) is 45.1 Å². The Kier molecular flexibility index (Phi) is 9.25. The zero-order valence-corrected chi connectivity index (χ0v) is 21.1. The summed E-state index contributed by atoms with van der Waals surface area (Å²) >= 11 is 1.23. The number of rotatable bonds is 11. The lowest BCUT2D eigenvalue weighted by Gasteiger charge is -2.33. The van der Waals surface area contributed by atoms with Gasteiger partial charge in [0.1, 0.15) is 19.7 Å². The van der Waals surface area contributed by atoms with Crippen molar-refractivity contribution in [2.24, 2.45) is 0 Å². The Morgan fingerprint density at radius 3 is 2.97 bits per heavy atom. The van der Waals surface area contributed by atoms with E-state index in [-0.39, 0.29) is 12.6 Å². The van der Waals surface area contributed by atoms with Crippen molar-refractivity contribution >= 4 is 43.7 Å². The third-order valence-electron chi connectivity index (χ3n) is 5.73. The SMILES string of the molecule is Cc1cnc(Nc2csc(S(=O)(=C=O)NCCCN3CCCCC3C)c2)nc1N[C@H](C)CO. The van der Waals surface area contributed by atoms with Crippen molar-refractivity contribution in [2.45, 2.75) is 62.7 Å². The maximum atomic E-state index is 13.2. The average Bonchev–Trinajstić information content (AvgIpc) is 3.29. The predicted molar refractivity (Wildman–Crippen MR) is 134 cm³/mol. The summed E-state index contributed by atoms with van der Waals surface area (Å²) in [6, 6.07) is 2.11. The molecule has 2 unspecified atom stereocenters. The number of anilines is 3. The van der Waals surface area contributed by atoms with Gasteiger partial charge in [-0.1, -0.05) is 6.42 Å². The van der Waals surface area contributed by atoms with Gasteiger partial charge in [0, 0.05) is 35.8 Å². The lowest BCUT2D eigenvalue weighted by Crippen LogP contribution is -2.39. The van der Waals surface area contributed by atoms with E-state index in [2.05, 4.69) is 37.1 Å². The molecule has 0 aliphatic carbocycles. The van der Waals surface area contributed by atoms with Gasteiger partial charge in [-0.15, -0.1) is 11.3 Å². The summed E-state index contributed by atoms with van der Waals surface area (Å²) in [5.74, 6) is 0.988. The molecule has 2 aromatic rings. The summed E-state index contributed by atoms with van der Waals surface area (Å²) in [6.07, 6.45) is 6.23. The lowest BCUT2D eigenvalue weighted by molar-refractivity contribution is 0.159. The molecule has 2 aromatic heterocycles. The first kappa shape index (κ1) is 25.6. The van der Waals surface area contributed by atoms with Crippen molar-refractivity contribution < 1.29 is 14.1 Å². The summed E-state index contributed by atoms with van der Waals surface area (Å²) < 4.78 is 16.5. The number of hydrogen-bond acceptors (Lipinski definition) is 9. The Hall–Kier alpha value is -2.01. The Morgan fingerprint density at radius 1 is 1.42 bits per heavy atom. The maximum absolute atomic E-state index is 13.2. The molecule has 0 spiro atoms. The number of aliphatic hydroxyl groups is 1. The van der Waals surface area contributed by atoms with Crippen LogP contribution in [0.25, 0.3) is 0 Å². The highest BCUT2D eigenvalue weighted by Gasteiger charge is 2.19. The van der Waals surface area contributed by atoms with Crippen LogP contribution in [-0.2, 0) is 14.5 Å². The van der Waals surface area contributed by atoms with Crippen molar-refractivity contribution in [2.75, 3.05) is 36.9 Å². The molecule has 3 atom stereocenters. The molecule has 0 bridgehead atoms. The molecule has 0 saturated carbocycles. The lowest BCUT2D eigenvalue weighted by atomic mass is 10.0. The molecule has 0 radical (unpaired) electrons. The summed E-state index contributed by atoms with van der Waals surface area (Å²) in [5.41, 5.74) is 1.50. The van der Waals surface area contributed by atoms with Gasteiger partial charge in [-0.3, -0.25) is 0 Å². The van der Waals surface area contributed by atoms with Crippen LogP contribution in [0.3, 0.4) is 0 Å². The molecule has 1 aliphatic heterocycles. The standard InChI is InChI=1S/C22H34N6O3S2/c1-16-12-23-22(27-21(16)25-17(2)13-29)26-19-11-20(32-14-19)33(31,15-30)24-8-6-10-28-9-5-4-7-18(28)3/h11-12,14,17-18,29H,4-10,13H2,1-3H3,(H,24,31)(H2,23,25,26,27)/t17-,18?,33?/m1/s1. The number of hydrogen-bond donors (Lipinski definition) is 4. The van der Waals surface area contributed by atoms with Crippen LogP contribution in [-0.4, -0.2) is 67.7 Å². The Labute approximate surface area is 200 Å². The zero-order chi connectivity index (χ0) is 23.8. The third kappa shape index (κ3) is 6.99. The summed E-state index contributed by atoms with van der Waals surface area (Å²) in [6.45, 7) is 8.48. The number of nitrogens with zero attached hydrogens (tertiary/aromatic N) is 3. The minimum Gasteiger partial charge on any atom is -0.394 e. The first-order valence-electron chi connectivity index (χ1n) is 11.3. The maximum Gasteiger partial charge on any atom is 0.229 e. The fourth-order valence-corrected chi connectivity index (χ4v) is 6.26. The fraction of sp³-hybridized carbons (Fsp3) is 0.591. The molecule has 1 fully saturated rings. The predicted octanol–water partition coefficient (Wildman–Crippen LogP) is 2.86. The molecule has 0 amide bonds. The Bertz CT molecular complexity index is 1060. The van der Waals surface area contributed by atoms with Gasteiger partial charge in [-0.2, -0.15) is 4.98 Å². The number of aromatic nitrogens is 2. The molecular weight excluding hydrogens is 460 g/mol. The summed E-state index contributed by atoms with van der Waals surface area (Å²) in [4.78, 5) is 22.8. The number of nitrogens with one attached hydrogen (secondary N) is 3. The van der Waals surface area contributed by atoms with Crippen molar-refractivity contribution in [1.29, 1.82) is 0 Å². The van der Waals surface area contributed by atoms with Crippen LogP contribution in [0.5, 0.6) is 0 Å². The number of thiophene rings is 1. The van der Waals surface area contributed by atoms with Crippen LogP contribution < -0.4 is 15.4 Å². The largest absolute Gasteiger partial charge is 0.394 e. The molecule has 11 heteroatoms. The number of carbonyl (C=O) groups excluding carboxylic acids is 1. The van der Waals surface area contributed by atoms with Crippen molar-refractivity contribution in [3.63, 3.8) is 0 Å². The van der Waals surface area contributed by atoms with Gasteiger partial charge in [-0.05, 0) is 59.2 Å². The molecule has 1 aliphatic rings. The van der Waals surface area contributed by atoms with E-state index in [1.54, 1.807) is 22.9 Å². The first-order valence-corrected chi connectivity index (χ1v) is 13.8. The van der Waals surface area contributed by atoms with E-state index in [1.807, 2.05) is 13.8 Å². The molecule has 4 N–H and O–H groups in total. The van der Waals surface area contributed by atoms with E-state index in [4.69, 9.17) is 0 Å². The van der Waals surface area contributed by atoms with Gasteiger partial charge in [0.05, 0.1) is 12.3 Å². The number of likely N-dealkylation sites (tertiary alicyclic amines) is 1. The van der Waals surface area contributed by atoms with E-state index in [0.717, 1.165) is 25.1 Å². The van der Waals surface area contributed by atoms with Crippen molar-refractivity contribution in [3.05, 3.63) is 23.2 Å². The monoisotopic (exact) mass is 494 g/mol. The van der Waals surface area contributed by atoms with Crippen molar-refractivity contribution in [1.82, 2.24) is 19.6 Å². The second-order valence-electron chi connectivity index (χ2n) is 8.50. The summed E-state index contributed by atoms with van der Waals surface area (Å²) in [7, 11) is -3.10. The smallest absolute Gasteiger partial charge is 0.229 e. The molecular formula is C22H34N6O3S2. The van der Waals surface area contributed by atoms with E-state index in [9.17, 15) is 14.1 Å². The van der Waals surface area contributed by atoms with Crippen LogP contribution in [0.15, 0.2) is 21.9 Å². The molecule has 0 aromatic carbocycles. The van der Waals surface area contributed by atoms with E-state index in [1.165, 1.54) is 30.6 Å². The molecule has 3 heterocycles. The van der Waals surface area contributed by atoms with E-state index in [0.29, 0.717) is 34.2 Å². The Balaban J connectivity index is 1.60. The topological polar surface area (TPSA) is 119 Å². The van der Waals surface area contributed by atoms with Gasteiger partial charge < -0.3 is 20.6 Å². The zero-order valence-electron chi connectivity index (χ0n) is 19.5. The van der Waals surface area contributed by atoms with Crippen LogP contribution >= 0.6 is 11.3 Å². The minimum absolute atomic E-state index is 0.0132. The first-order chi connectivity index (χ1) is 15.8. The summed E-state index contributed by atoms with van der Waals surface area (Å²) in [5, 5.41) is 19.0. The van der Waals surface area contributed by atoms with Crippen LogP contribution in [0.2, 0.25) is 0 Å². The van der Waals surface area contributed by atoms with Gasteiger partial charge in [0.2, 0.25) is 11.2 Å². The molecule has 1 saturated heterocycles. The van der Waals surface area contributed by atoms with E-state index >= 15 is 0 Å². The Morgan fingerprint density at radius 2 is 2.24 bits per heavy atom. The minimum atomic E-state index is -3.10. The highest BCUT2D eigenvalue weighted by Crippen LogP contribution is 2.26. The normalized spacial score (nSPS) is 19.5. The highest BCUT2D eigenvalue weighted by molar-refractivity contribution is 8.00. The second kappa shape index (κ2) is 11.9. The number of aryl methyl sites for hydroxylation is 1. The molecule has 9 nitrogen and oxygen atoms in total. The van der Waals surface area contributed by atoms with Gasteiger partial charge in [0.15, 0.2) is 0 Å². The fourth-order valence-electron chi connectivity index (χ4n) is 3.72. The average molecular weight is 495 g/mol.